The average molecular weight is 183 g/mol. The van der Waals surface area contributed by atoms with Crippen molar-refractivity contribution in [3.8, 4) is 0 Å². The molecule has 0 bridgehead atoms. The highest BCUT2D eigenvalue weighted by Crippen LogP contribution is 2.31. The van der Waals surface area contributed by atoms with E-state index in [9.17, 15) is 13.6 Å². The predicted molar refractivity (Wildman–Crippen MR) is 42.2 cm³/mol. The normalized spacial score (nSPS) is 20.5. The summed E-state index contributed by atoms with van der Waals surface area (Å²) in [4.78, 5) is 11.2. The van der Waals surface area contributed by atoms with Crippen molar-refractivity contribution in [1.29, 1.82) is 0 Å². The summed E-state index contributed by atoms with van der Waals surface area (Å²) in [5, 5.41) is 0. The zero-order valence-electron chi connectivity index (χ0n) is 6.68. The number of carbonyl (C=O) groups excluding carboxylic acids is 1. The largest absolute Gasteiger partial charge is 0.324 e. The Morgan fingerprint density at radius 2 is 2.08 bits per heavy atom. The van der Waals surface area contributed by atoms with E-state index in [0.29, 0.717) is 6.07 Å². The molecule has 2 nitrogen and oxygen atoms in total. The number of halogens is 2. The number of Topliss-reactive ketones (excluding diaryl/α,β-unsaturated/α-hetero) is 1. The molecule has 1 aromatic rings. The minimum Gasteiger partial charge on any atom is -0.324 e. The molecule has 0 heterocycles. The molecule has 1 aromatic carbocycles. The molecule has 0 radical (unpaired) electrons. The number of hydrogen-bond acceptors (Lipinski definition) is 2. The maximum Gasteiger partial charge on any atom is 0.168 e. The number of fused-ring (bicyclic) bond motifs is 1. The molecule has 0 saturated carbocycles. The second kappa shape index (κ2) is 2.60. The molecule has 1 atom stereocenters. The Kier molecular flexibility index (Phi) is 1.66. The Morgan fingerprint density at radius 3 is 2.77 bits per heavy atom. The molecule has 0 fully saturated rings. The lowest BCUT2D eigenvalue weighted by molar-refractivity contribution is 0.0986. The van der Waals surface area contributed by atoms with E-state index in [1.807, 2.05) is 0 Å². The predicted octanol–water partition coefficient (Wildman–Crippen LogP) is 1.55. The van der Waals surface area contributed by atoms with E-state index in [-0.39, 0.29) is 23.3 Å². The van der Waals surface area contributed by atoms with Gasteiger partial charge in [0.1, 0.15) is 11.6 Å². The first-order chi connectivity index (χ1) is 6.09. The van der Waals surface area contributed by atoms with Gasteiger partial charge in [0.25, 0.3) is 0 Å². The second-order valence-electron chi connectivity index (χ2n) is 3.09. The monoisotopic (exact) mass is 183 g/mol. The van der Waals surface area contributed by atoms with Gasteiger partial charge in [-0.05, 0) is 11.6 Å². The van der Waals surface area contributed by atoms with Gasteiger partial charge in [0.2, 0.25) is 0 Å². The quantitative estimate of drug-likeness (QED) is 0.663. The van der Waals surface area contributed by atoms with Gasteiger partial charge in [-0.2, -0.15) is 0 Å². The summed E-state index contributed by atoms with van der Waals surface area (Å²) in [7, 11) is 0. The molecular formula is C9H7F2NO. The zero-order chi connectivity index (χ0) is 9.59. The van der Waals surface area contributed by atoms with E-state index >= 15 is 0 Å². The van der Waals surface area contributed by atoms with E-state index < -0.39 is 17.7 Å². The molecule has 1 unspecified atom stereocenters. The Labute approximate surface area is 73.4 Å². The van der Waals surface area contributed by atoms with Crippen LogP contribution in [0.25, 0.3) is 0 Å². The third-order valence-corrected chi connectivity index (χ3v) is 2.17. The number of hydrogen-bond donors (Lipinski definition) is 1. The third kappa shape index (κ3) is 1.14. The van der Waals surface area contributed by atoms with Crippen molar-refractivity contribution < 1.29 is 13.6 Å². The van der Waals surface area contributed by atoms with Crippen LogP contribution in [0.15, 0.2) is 12.1 Å². The lowest BCUT2D eigenvalue weighted by Gasteiger charge is -2.03. The molecule has 2 N–H and O–H groups in total. The van der Waals surface area contributed by atoms with Crippen molar-refractivity contribution in [2.75, 3.05) is 0 Å². The molecule has 2 rings (SSSR count). The molecule has 0 aromatic heterocycles. The summed E-state index contributed by atoms with van der Waals surface area (Å²) < 4.78 is 25.8. The number of benzene rings is 1. The Hall–Kier alpha value is -1.29. The molecule has 0 amide bonds. The highest BCUT2D eigenvalue weighted by molar-refractivity contribution is 6.01. The highest BCUT2D eigenvalue weighted by Gasteiger charge is 2.30. The Balaban J connectivity index is 2.69. The zero-order valence-corrected chi connectivity index (χ0v) is 6.68. The van der Waals surface area contributed by atoms with Crippen molar-refractivity contribution in [2.45, 2.75) is 12.5 Å². The van der Waals surface area contributed by atoms with Gasteiger partial charge in [0.15, 0.2) is 5.78 Å². The number of ketones is 1. The second-order valence-corrected chi connectivity index (χ2v) is 3.09. The van der Waals surface area contributed by atoms with Crippen molar-refractivity contribution in [3.05, 3.63) is 34.9 Å². The fraction of sp³-hybridized carbons (Fsp3) is 0.222. The van der Waals surface area contributed by atoms with Crippen LogP contribution < -0.4 is 5.73 Å². The van der Waals surface area contributed by atoms with Crippen molar-refractivity contribution in [2.24, 2.45) is 5.73 Å². The van der Waals surface area contributed by atoms with Crippen LogP contribution in [0.2, 0.25) is 0 Å². The van der Waals surface area contributed by atoms with Crippen LogP contribution >= 0.6 is 0 Å². The van der Waals surface area contributed by atoms with Crippen molar-refractivity contribution in [1.82, 2.24) is 0 Å². The topological polar surface area (TPSA) is 43.1 Å². The van der Waals surface area contributed by atoms with Crippen molar-refractivity contribution in [3.63, 3.8) is 0 Å². The fourth-order valence-corrected chi connectivity index (χ4v) is 1.59. The van der Waals surface area contributed by atoms with Crippen LogP contribution in [-0.2, 0) is 0 Å². The molecule has 4 heteroatoms. The minimum absolute atomic E-state index is 0.0473. The minimum atomic E-state index is -0.812. The fourth-order valence-electron chi connectivity index (χ4n) is 1.59. The molecular weight excluding hydrogens is 176 g/mol. The molecule has 0 spiro atoms. The summed E-state index contributed by atoms with van der Waals surface area (Å²) in [6.45, 7) is 0. The van der Waals surface area contributed by atoms with Gasteiger partial charge < -0.3 is 5.73 Å². The number of carbonyl (C=O) groups is 1. The summed E-state index contributed by atoms with van der Waals surface area (Å²) in [6, 6.07) is 1.26. The molecule has 68 valence electrons. The average Bonchev–Trinajstić information content (AvgIpc) is 2.27. The third-order valence-electron chi connectivity index (χ3n) is 2.17. The summed E-state index contributed by atoms with van der Waals surface area (Å²) in [5.41, 5.74) is 5.75. The Bertz CT molecular complexity index is 389. The van der Waals surface area contributed by atoms with Crippen LogP contribution in [0, 0.1) is 11.6 Å². The smallest absolute Gasteiger partial charge is 0.168 e. The van der Waals surface area contributed by atoms with Crippen LogP contribution in [0.5, 0.6) is 0 Å². The standard InChI is InChI=1S/C9H7F2NO/c10-4-1-5-7(12)3-8(13)9(5)6(11)2-4/h1-2,7H,3,12H2. The van der Waals surface area contributed by atoms with E-state index in [2.05, 4.69) is 0 Å². The van der Waals surface area contributed by atoms with Crippen LogP contribution in [0.4, 0.5) is 8.78 Å². The van der Waals surface area contributed by atoms with Gasteiger partial charge in [-0.15, -0.1) is 0 Å². The molecule has 13 heavy (non-hydrogen) atoms. The number of rotatable bonds is 0. The van der Waals surface area contributed by atoms with Crippen LogP contribution in [-0.4, -0.2) is 5.78 Å². The SMILES string of the molecule is NC1CC(=O)c2c(F)cc(F)cc21. The molecule has 1 aliphatic carbocycles. The highest BCUT2D eigenvalue weighted by atomic mass is 19.1. The Morgan fingerprint density at radius 1 is 1.38 bits per heavy atom. The molecule has 1 aliphatic rings. The maximum atomic E-state index is 13.1. The lowest BCUT2D eigenvalue weighted by Crippen LogP contribution is -2.06. The van der Waals surface area contributed by atoms with E-state index in [1.165, 1.54) is 0 Å². The maximum absolute atomic E-state index is 13.1. The van der Waals surface area contributed by atoms with E-state index in [1.54, 1.807) is 0 Å². The molecule has 0 aliphatic heterocycles. The van der Waals surface area contributed by atoms with Crippen molar-refractivity contribution >= 4 is 5.78 Å². The summed E-state index contributed by atoms with van der Waals surface area (Å²) in [5.74, 6) is -1.85. The summed E-state index contributed by atoms with van der Waals surface area (Å²) in [6.07, 6.45) is 0.0652. The van der Waals surface area contributed by atoms with Gasteiger partial charge in [-0.25, -0.2) is 8.78 Å². The first kappa shape index (κ1) is 8.31. The summed E-state index contributed by atoms with van der Waals surface area (Å²) >= 11 is 0. The van der Waals surface area contributed by atoms with E-state index in [0.717, 1.165) is 6.07 Å². The first-order valence-corrected chi connectivity index (χ1v) is 3.87. The van der Waals surface area contributed by atoms with Crippen LogP contribution in [0.3, 0.4) is 0 Å². The molecule has 0 saturated heterocycles. The van der Waals surface area contributed by atoms with Gasteiger partial charge in [-0.1, -0.05) is 0 Å². The van der Waals surface area contributed by atoms with E-state index in [4.69, 9.17) is 5.73 Å². The number of nitrogens with two attached hydrogens (primary N) is 1. The lowest BCUT2D eigenvalue weighted by atomic mass is 10.1. The van der Waals surface area contributed by atoms with Gasteiger partial charge in [0, 0.05) is 18.5 Å². The van der Waals surface area contributed by atoms with Crippen LogP contribution in [0.1, 0.15) is 28.4 Å². The van der Waals surface area contributed by atoms with Gasteiger partial charge in [0.05, 0.1) is 5.56 Å². The first-order valence-electron chi connectivity index (χ1n) is 3.87. The van der Waals surface area contributed by atoms with Gasteiger partial charge >= 0.3 is 0 Å². The van der Waals surface area contributed by atoms with Gasteiger partial charge in [-0.3, -0.25) is 4.79 Å².